The van der Waals surface area contributed by atoms with E-state index in [9.17, 15) is 18.0 Å². The van der Waals surface area contributed by atoms with Crippen LogP contribution < -0.4 is 10.1 Å². The molecule has 0 bridgehead atoms. The number of aromatic nitrogens is 1. The van der Waals surface area contributed by atoms with Crippen LogP contribution in [0.15, 0.2) is 48.7 Å². The molecule has 1 amide bonds. The third-order valence-electron chi connectivity index (χ3n) is 4.41. The lowest BCUT2D eigenvalue weighted by molar-refractivity contribution is -0.137. The van der Waals surface area contributed by atoms with Crippen molar-refractivity contribution in [2.45, 2.75) is 32.0 Å². The van der Waals surface area contributed by atoms with Crippen LogP contribution in [0.2, 0.25) is 0 Å². The number of pyridine rings is 1. The van der Waals surface area contributed by atoms with Crippen LogP contribution in [0.3, 0.4) is 0 Å². The normalized spacial score (nSPS) is 15.4. The van der Waals surface area contributed by atoms with Crippen molar-refractivity contribution < 1.29 is 22.7 Å². The molecule has 1 fully saturated rings. The van der Waals surface area contributed by atoms with Crippen LogP contribution in [0.1, 0.15) is 42.6 Å². The number of ether oxygens (including phenoxy) is 1. The molecule has 0 spiro atoms. The summed E-state index contributed by atoms with van der Waals surface area (Å²) in [5.41, 5.74) is 0.472. The standard InChI is InChI=1S/C21H21F3N2O2/c1-14(19-10-9-18(12-25-19)28-13-16-2-3-16)26-20(27)11-6-15-4-7-17(8-5-15)21(22,23)24/h4-12,14,16H,2-3,13H2,1H3,(H,26,27)/b11-6+. The molecule has 0 aliphatic heterocycles. The zero-order valence-electron chi connectivity index (χ0n) is 15.4. The Labute approximate surface area is 161 Å². The van der Waals surface area contributed by atoms with Gasteiger partial charge in [-0.2, -0.15) is 13.2 Å². The second kappa shape index (κ2) is 8.46. The van der Waals surface area contributed by atoms with Crippen LogP contribution in [-0.2, 0) is 11.0 Å². The first kappa shape index (κ1) is 19.9. The highest BCUT2D eigenvalue weighted by Crippen LogP contribution is 2.30. The van der Waals surface area contributed by atoms with Crippen molar-refractivity contribution in [1.82, 2.24) is 10.3 Å². The fraction of sp³-hybridized carbons (Fsp3) is 0.333. The number of halogens is 3. The van der Waals surface area contributed by atoms with Crippen molar-refractivity contribution in [1.29, 1.82) is 0 Å². The topological polar surface area (TPSA) is 51.2 Å². The van der Waals surface area contributed by atoms with Gasteiger partial charge < -0.3 is 10.1 Å². The Balaban J connectivity index is 1.51. The van der Waals surface area contributed by atoms with E-state index in [0.717, 1.165) is 12.1 Å². The summed E-state index contributed by atoms with van der Waals surface area (Å²) in [6.45, 7) is 2.51. The van der Waals surface area contributed by atoms with E-state index in [1.54, 1.807) is 19.2 Å². The molecule has 1 aliphatic rings. The highest BCUT2D eigenvalue weighted by atomic mass is 19.4. The molecule has 0 radical (unpaired) electrons. The molecule has 4 nitrogen and oxygen atoms in total. The zero-order valence-corrected chi connectivity index (χ0v) is 15.4. The molecule has 3 rings (SSSR count). The molecule has 1 saturated carbocycles. The summed E-state index contributed by atoms with van der Waals surface area (Å²) in [4.78, 5) is 16.4. The van der Waals surface area contributed by atoms with Crippen LogP contribution >= 0.6 is 0 Å². The second-order valence-electron chi connectivity index (χ2n) is 6.86. The number of amides is 1. The number of hydrogen-bond donors (Lipinski definition) is 1. The number of carbonyl (C=O) groups excluding carboxylic acids is 1. The highest BCUT2D eigenvalue weighted by molar-refractivity contribution is 5.91. The first-order valence-corrected chi connectivity index (χ1v) is 9.06. The maximum atomic E-state index is 12.5. The van der Waals surface area contributed by atoms with Crippen LogP contribution in [0, 0.1) is 5.92 Å². The van der Waals surface area contributed by atoms with E-state index in [2.05, 4.69) is 10.3 Å². The number of nitrogens with one attached hydrogen (secondary N) is 1. The van der Waals surface area contributed by atoms with Gasteiger partial charge in [0.25, 0.3) is 0 Å². The molecule has 28 heavy (non-hydrogen) atoms. The lowest BCUT2D eigenvalue weighted by Crippen LogP contribution is -2.25. The molecular formula is C21H21F3N2O2. The maximum Gasteiger partial charge on any atom is 0.416 e. The predicted octanol–water partition coefficient (Wildman–Crippen LogP) is 4.78. The van der Waals surface area contributed by atoms with E-state index in [1.807, 2.05) is 6.07 Å². The average Bonchev–Trinajstić information content (AvgIpc) is 3.49. The van der Waals surface area contributed by atoms with Crippen LogP contribution in [0.25, 0.3) is 6.08 Å². The lowest BCUT2D eigenvalue weighted by Gasteiger charge is -2.13. The number of nitrogens with zero attached hydrogens (tertiary/aromatic N) is 1. The fourth-order valence-electron chi connectivity index (χ4n) is 2.52. The van der Waals surface area contributed by atoms with Crippen molar-refractivity contribution in [2.75, 3.05) is 6.61 Å². The average molecular weight is 390 g/mol. The summed E-state index contributed by atoms with van der Waals surface area (Å²) in [5, 5.41) is 2.77. The minimum atomic E-state index is -4.37. The number of rotatable bonds is 7. The third kappa shape index (κ3) is 5.84. The lowest BCUT2D eigenvalue weighted by atomic mass is 10.1. The molecule has 1 atom stereocenters. The Kier molecular flexibility index (Phi) is 6.02. The van der Waals surface area contributed by atoms with Gasteiger partial charge in [0, 0.05) is 6.08 Å². The van der Waals surface area contributed by atoms with Gasteiger partial charge in [-0.05, 0) is 61.6 Å². The monoisotopic (exact) mass is 390 g/mol. The molecule has 7 heteroatoms. The van der Waals surface area contributed by atoms with Gasteiger partial charge in [-0.1, -0.05) is 12.1 Å². The number of alkyl halides is 3. The summed E-state index contributed by atoms with van der Waals surface area (Å²) >= 11 is 0. The predicted molar refractivity (Wildman–Crippen MR) is 99.5 cm³/mol. The molecule has 1 aromatic carbocycles. The molecule has 1 N–H and O–H groups in total. The SMILES string of the molecule is CC(NC(=O)/C=C/c1ccc(C(F)(F)F)cc1)c1ccc(OCC2CC2)cn1. The summed E-state index contributed by atoms with van der Waals surface area (Å²) < 4.78 is 43.3. The van der Waals surface area contributed by atoms with E-state index in [-0.39, 0.29) is 11.9 Å². The van der Waals surface area contributed by atoms with Crippen molar-refractivity contribution in [2.24, 2.45) is 5.92 Å². The van der Waals surface area contributed by atoms with E-state index >= 15 is 0 Å². The molecule has 1 aliphatic carbocycles. The van der Waals surface area contributed by atoms with E-state index in [1.165, 1.54) is 37.1 Å². The van der Waals surface area contributed by atoms with Crippen LogP contribution in [-0.4, -0.2) is 17.5 Å². The molecule has 148 valence electrons. The molecule has 1 heterocycles. The first-order chi connectivity index (χ1) is 13.3. The number of carbonyl (C=O) groups is 1. The molecular weight excluding hydrogens is 369 g/mol. The third-order valence-corrected chi connectivity index (χ3v) is 4.41. The van der Waals surface area contributed by atoms with E-state index in [0.29, 0.717) is 29.5 Å². The van der Waals surface area contributed by atoms with Gasteiger partial charge in [0.05, 0.1) is 30.1 Å². The van der Waals surface area contributed by atoms with Gasteiger partial charge in [-0.3, -0.25) is 9.78 Å². The van der Waals surface area contributed by atoms with E-state index in [4.69, 9.17) is 4.74 Å². The van der Waals surface area contributed by atoms with Gasteiger partial charge >= 0.3 is 6.18 Å². The minimum Gasteiger partial charge on any atom is -0.492 e. The molecule has 2 aromatic rings. The molecule has 0 saturated heterocycles. The Bertz CT molecular complexity index is 826. The van der Waals surface area contributed by atoms with Crippen LogP contribution in [0.5, 0.6) is 5.75 Å². The van der Waals surface area contributed by atoms with Crippen molar-refractivity contribution in [3.63, 3.8) is 0 Å². The quantitative estimate of drug-likeness (QED) is 0.693. The minimum absolute atomic E-state index is 0.317. The Morgan fingerprint density at radius 3 is 2.54 bits per heavy atom. The van der Waals surface area contributed by atoms with Gasteiger partial charge in [0.2, 0.25) is 5.91 Å². The van der Waals surface area contributed by atoms with Gasteiger partial charge in [-0.25, -0.2) is 0 Å². The zero-order chi connectivity index (χ0) is 20.1. The van der Waals surface area contributed by atoms with Crippen LogP contribution in [0.4, 0.5) is 13.2 Å². The first-order valence-electron chi connectivity index (χ1n) is 9.06. The van der Waals surface area contributed by atoms with Crippen molar-refractivity contribution >= 4 is 12.0 Å². The summed E-state index contributed by atoms with van der Waals surface area (Å²) in [5.74, 6) is 1.01. The van der Waals surface area contributed by atoms with Crippen molar-refractivity contribution in [3.05, 3.63) is 65.5 Å². The van der Waals surface area contributed by atoms with E-state index < -0.39 is 11.7 Å². The van der Waals surface area contributed by atoms with Gasteiger partial charge in [0.15, 0.2) is 0 Å². The molecule has 1 aromatic heterocycles. The Morgan fingerprint density at radius 1 is 1.25 bits per heavy atom. The highest BCUT2D eigenvalue weighted by Gasteiger charge is 2.29. The Morgan fingerprint density at radius 2 is 1.96 bits per heavy atom. The number of benzene rings is 1. The summed E-state index contributed by atoms with van der Waals surface area (Å²) in [7, 11) is 0. The largest absolute Gasteiger partial charge is 0.492 e. The second-order valence-corrected chi connectivity index (χ2v) is 6.86. The maximum absolute atomic E-state index is 12.5. The Hall–Kier alpha value is -2.83. The summed E-state index contributed by atoms with van der Waals surface area (Å²) in [6.07, 6.45) is 2.44. The smallest absolute Gasteiger partial charge is 0.416 e. The van der Waals surface area contributed by atoms with Crippen molar-refractivity contribution in [3.8, 4) is 5.75 Å². The summed E-state index contributed by atoms with van der Waals surface area (Å²) in [6, 6.07) is 7.91. The molecule has 1 unspecified atom stereocenters. The van der Waals surface area contributed by atoms with Gasteiger partial charge in [-0.15, -0.1) is 0 Å². The van der Waals surface area contributed by atoms with Gasteiger partial charge in [0.1, 0.15) is 5.75 Å². The fourth-order valence-corrected chi connectivity index (χ4v) is 2.52. The number of hydrogen-bond acceptors (Lipinski definition) is 3.